The highest BCUT2D eigenvalue weighted by molar-refractivity contribution is 5.95. The van der Waals surface area contributed by atoms with Gasteiger partial charge >= 0.3 is 12.1 Å². The smallest absolute Gasteiger partial charge is 0.451 e. The number of benzene rings is 1. The first-order valence-electron chi connectivity index (χ1n) is 8.91. The van der Waals surface area contributed by atoms with Crippen molar-refractivity contribution in [2.45, 2.75) is 18.6 Å². The average molecular weight is 393 g/mol. The van der Waals surface area contributed by atoms with Crippen molar-refractivity contribution >= 4 is 17.5 Å². The molecule has 0 aliphatic carbocycles. The highest BCUT2D eigenvalue weighted by Gasteiger charge is 2.39. The lowest BCUT2D eigenvalue weighted by Gasteiger charge is -2.22. The number of hydrogen-bond acceptors (Lipinski definition) is 4. The van der Waals surface area contributed by atoms with Crippen LogP contribution in [0.1, 0.15) is 17.0 Å². The van der Waals surface area contributed by atoms with Gasteiger partial charge in [0.25, 0.3) is 5.91 Å². The maximum absolute atomic E-state index is 12.4. The average Bonchev–Trinajstić information content (AvgIpc) is 3.38. The SMILES string of the molecule is O=C(NC1CN2CC[C@H]1C2)c1ccc(-c2ccc(NC(=O)C(F)(F)F)cc2)o1. The van der Waals surface area contributed by atoms with Crippen LogP contribution < -0.4 is 10.6 Å². The quantitative estimate of drug-likeness (QED) is 0.838. The molecule has 28 heavy (non-hydrogen) atoms. The Morgan fingerprint density at radius 1 is 1.07 bits per heavy atom. The highest BCUT2D eigenvalue weighted by Crippen LogP contribution is 2.29. The number of furan rings is 1. The molecular weight excluding hydrogens is 375 g/mol. The van der Waals surface area contributed by atoms with Gasteiger partial charge < -0.3 is 20.0 Å². The topological polar surface area (TPSA) is 74.6 Å². The van der Waals surface area contributed by atoms with E-state index in [0.29, 0.717) is 17.2 Å². The van der Waals surface area contributed by atoms with E-state index in [0.717, 1.165) is 26.1 Å². The zero-order chi connectivity index (χ0) is 19.9. The van der Waals surface area contributed by atoms with E-state index >= 15 is 0 Å². The molecular formula is C19H18F3N3O3. The first-order chi connectivity index (χ1) is 13.3. The number of piperidine rings is 1. The molecule has 0 spiro atoms. The van der Waals surface area contributed by atoms with E-state index in [1.165, 1.54) is 24.3 Å². The molecule has 0 radical (unpaired) electrons. The predicted octanol–water partition coefficient (Wildman–Crippen LogP) is 2.88. The van der Waals surface area contributed by atoms with Crippen LogP contribution >= 0.6 is 0 Å². The van der Waals surface area contributed by atoms with Gasteiger partial charge in [0.15, 0.2) is 5.76 Å². The summed E-state index contributed by atoms with van der Waals surface area (Å²) in [4.78, 5) is 25.7. The lowest BCUT2D eigenvalue weighted by molar-refractivity contribution is -0.167. The highest BCUT2D eigenvalue weighted by atomic mass is 19.4. The first kappa shape index (κ1) is 18.5. The number of nitrogens with one attached hydrogen (secondary N) is 2. The second-order valence-electron chi connectivity index (χ2n) is 7.08. The molecule has 2 aromatic rings. The third-order valence-corrected chi connectivity index (χ3v) is 5.16. The van der Waals surface area contributed by atoms with E-state index in [-0.39, 0.29) is 23.4 Å². The van der Waals surface area contributed by atoms with Gasteiger partial charge in [-0.2, -0.15) is 13.2 Å². The summed E-state index contributed by atoms with van der Waals surface area (Å²) in [5.41, 5.74) is 0.594. The lowest BCUT2D eigenvalue weighted by atomic mass is 10.00. The van der Waals surface area contributed by atoms with Gasteiger partial charge in [-0.1, -0.05) is 0 Å². The van der Waals surface area contributed by atoms with Crippen LogP contribution in [0, 0.1) is 5.92 Å². The van der Waals surface area contributed by atoms with E-state index in [2.05, 4.69) is 10.2 Å². The Balaban J connectivity index is 1.39. The Morgan fingerprint density at radius 3 is 2.43 bits per heavy atom. The number of hydrogen-bond donors (Lipinski definition) is 2. The minimum Gasteiger partial charge on any atom is -0.451 e. The third-order valence-electron chi connectivity index (χ3n) is 5.16. The lowest BCUT2D eigenvalue weighted by Crippen LogP contribution is -2.43. The van der Waals surface area contributed by atoms with E-state index < -0.39 is 12.1 Å². The van der Waals surface area contributed by atoms with Crippen LogP contribution in [0.15, 0.2) is 40.8 Å². The summed E-state index contributed by atoms with van der Waals surface area (Å²) in [6, 6.07) is 9.02. The summed E-state index contributed by atoms with van der Waals surface area (Å²) in [6.45, 7) is 2.96. The zero-order valence-electron chi connectivity index (χ0n) is 14.8. The molecule has 148 valence electrons. The summed E-state index contributed by atoms with van der Waals surface area (Å²) < 4.78 is 42.5. The minimum atomic E-state index is -4.95. The standard InChI is InChI=1S/C19H18F3N3O3/c20-19(21,22)18(27)23-13-3-1-11(2-4-13)15-5-6-16(28-15)17(26)24-14-10-25-8-7-12(14)9-25/h1-6,12,14H,7-10H2,(H,23,27)(H,24,26)/t12-,14?/m0/s1. The van der Waals surface area contributed by atoms with Gasteiger partial charge in [-0.25, -0.2) is 0 Å². The second kappa shape index (κ2) is 6.97. The number of halogens is 3. The van der Waals surface area contributed by atoms with E-state index in [4.69, 9.17) is 4.42 Å². The molecule has 2 bridgehead atoms. The summed E-state index contributed by atoms with van der Waals surface area (Å²) in [5.74, 6) is -1.23. The number of nitrogens with zero attached hydrogens (tertiary/aromatic N) is 1. The van der Waals surface area contributed by atoms with Crippen LogP contribution in [-0.2, 0) is 4.79 Å². The number of carbonyl (C=O) groups excluding carboxylic acids is 2. The largest absolute Gasteiger partial charge is 0.471 e. The minimum absolute atomic E-state index is 0.0156. The van der Waals surface area contributed by atoms with Crippen LogP contribution in [0.3, 0.4) is 0 Å². The molecule has 2 N–H and O–H groups in total. The van der Waals surface area contributed by atoms with Gasteiger partial charge in [-0.3, -0.25) is 9.59 Å². The fourth-order valence-corrected chi connectivity index (χ4v) is 3.72. The van der Waals surface area contributed by atoms with Crippen LogP contribution in [0.4, 0.5) is 18.9 Å². The molecule has 2 amide bonds. The second-order valence-corrected chi connectivity index (χ2v) is 7.08. The van der Waals surface area contributed by atoms with E-state index in [1.54, 1.807) is 17.4 Å². The van der Waals surface area contributed by atoms with Crippen LogP contribution in [0.5, 0.6) is 0 Å². The molecule has 6 nitrogen and oxygen atoms in total. The molecule has 1 aromatic heterocycles. The molecule has 0 saturated carbocycles. The summed E-state index contributed by atoms with van der Waals surface area (Å²) in [6.07, 6.45) is -3.86. The molecule has 3 heterocycles. The van der Waals surface area contributed by atoms with Crippen molar-refractivity contribution in [2.75, 3.05) is 25.0 Å². The van der Waals surface area contributed by atoms with Crippen LogP contribution in [0.2, 0.25) is 0 Å². The van der Waals surface area contributed by atoms with Crippen LogP contribution in [0.25, 0.3) is 11.3 Å². The van der Waals surface area contributed by atoms with Gasteiger partial charge in [-0.15, -0.1) is 0 Å². The molecule has 2 fully saturated rings. The summed E-state index contributed by atoms with van der Waals surface area (Å²) in [5, 5.41) is 4.78. The third kappa shape index (κ3) is 3.75. The van der Waals surface area contributed by atoms with Crippen molar-refractivity contribution < 1.29 is 27.2 Å². The van der Waals surface area contributed by atoms with Crippen LogP contribution in [-0.4, -0.2) is 48.6 Å². The normalized spacial score (nSPS) is 23.6. The molecule has 2 saturated heterocycles. The summed E-state index contributed by atoms with van der Waals surface area (Å²) >= 11 is 0. The van der Waals surface area contributed by atoms with Crippen molar-refractivity contribution in [3.63, 3.8) is 0 Å². The molecule has 9 heteroatoms. The van der Waals surface area contributed by atoms with Gasteiger partial charge in [0.1, 0.15) is 5.76 Å². The number of amides is 2. The number of alkyl halides is 3. The van der Waals surface area contributed by atoms with Crippen molar-refractivity contribution in [3.8, 4) is 11.3 Å². The summed E-state index contributed by atoms with van der Waals surface area (Å²) in [7, 11) is 0. The van der Waals surface area contributed by atoms with Crippen molar-refractivity contribution in [1.29, 1.82) is 0 Å². The number of anilines is 1. The van der Waals surface area contributed by atoms with Crippen molar-refractivity contribution in [1.82, 2.24) is 10.2 Å². The Bertz CT molecular complexity index is 892. The molecule has 1 aromatic carbocycles. The number of carbonyl (C=O) groups is 2. The Kier molecular flexibility index (Phi) is 4.62. The van der Waals surface area contributed by atoms with Gasteiger partial charge in [0.05, 0.1) is 0 Å². The van der Waals surface area contributed by atoms with E-state index in [9.17, 15) is 22.8 Å². The van der Waals surface area contributed by atoms with E-state index in [1.807, 2.05) is 0 Å². The maximum Gasteiger partial charge on any atom is 0.471 e. The van der Waals surface area contributed by atoms with Gasteiger partial charge in [0, 0.05) is 30.4 Å². The molecule has 3 atom stereocenters. The Morgan fingerprint density at radius 2 is 1.82 bits per heavy atom. The van der Waals surface area contributed by atoms with Gasteiger partial charge in [-0.05, 0) is 55.3 Å². The predicted molar refractivity (Wildman–Crippen MR) is 94.6 cm³/mol. The molecule has 2 unspecified atom stereocenters. The fourth-order valence-electron chi connectivity index (χ4n) is 3.72. The zero-order valence-corrected chi connectivity index (χ0v) is 14.8. The maximum atomic E-state index is 12.4. The Labute approximate surface area is 158 Å². The van der Waals surface area contributed by atoms with Crippen molar-refractivity contribution in [2.24, 2.45) is 5.92 Å². The fraction of sp³-hybridized carbons (Fsp3) is 0.368. The number of rotatable bonds is 4. The molecule has 2 aliphatic rings. The molecule has 2 aliphatic heterocycles. The Hall–Kier alpha value is -2.81. The first-order valence-corrected chi connectivity index (χ1v) is 8.91. The van der Waals surface area contributed by atoms with Gasteiger partial charge in [0.2, 0.25) is 0 Å². The monoisotopic (exact) mass is 393 g/mol. The number of fused-ring (bicyclic) bond motifs is 2. The van der Waals surface area contributed by atoms with Crippen molar-refractivity contribution in [3.05, 3.63) is 42.2 Å². The molecule has 4 rings (SSSR count).